The van der Waals surface area contributed by atoms with Crippen molar-refractivity contribution in [2.45, 2.75) is 32.4 Å². The third kappa shape index (κ3) is 3.54. The number of hydrogen-bond acceptors (Lipinski definition) is 5. The van der Waals surface area contributed by atoms with Crippen molar-refractivity contribution in [3.63, 3.8) is 0 Å². The van der Waals surface area contributed by atoms with Crippen LogP contribution in [0, 0.1) is 0 Å². The van der Waals surface area contributed by atoms with E-state index in [1.165, 1.54) is 11.3 Å². The number of benzene rings is 1. The Bertz CT molecular complexity index is 598. The fraction of sp³-hybridized carbons (Fsp3) is 0.357. The second kappa shape index (κ2) is 5.58. The van der Waals surface area contributed by atoms with Crippen LogP contribution in [-0.4, -0.2) is 23.0 Å². The zero-order valence-corrected chi connectivity index (χ0v) is 12.4. The molecule has 0 radical (unpaired) electrons. The highest BCUT2D eigenvalue weighted by atomic mass is 32.1. The number of nitrogens with one attached hydrogen (secondary N) is 1. The molecule has 0 fully saturated rings. The SMILES string of the molecule is CC(C)(C)OC(=O)NC(C=O)c1nc2ccccc2s1. The van der Waals surface area contributed by atoms with E-state index in [4.69, 9.17) is 4.74 Å². The van der Waals surface area contributed by atoms with Gasteiger partial charge in [0, 0.05) is 0 Å². The minimum absolute atomic E-state index is 0.548. The van der Waals surface area contributed by atoms with E-state index in [1.807, 2.05) is 24.3 Å². The third-order valence-electron chi connectivity index (χ3n) is 2.38. The number of amides is 1. The summed E-state index contributed by atoms with van der Waals surface area (Å²) in [4.78, 5) is 27.2. The lowest BCUT2D eigenvalue weighted by Gasteiger charge is -2.20. The summed E-state index contributed by atoms with van der Waals surface area (Å²) in [5, 5.41) is 3.07. The van der Waals surface area contributed by atoms with E-state index in [9.17, 15) is 9.59 Å². The van der Waals surface area contributed by atoms with Crippen molar-refractivity contribution in [1.82, 2.24) is 10.3 Å². The Kier molecular flexibility index (Phi) is 4.04. The second-order valence-corrected chi connectivity index (χ2v) is 6.34. The van der Waals surface area contributed by atoms with Gasteiger partial charge in [0.1, 0.15) is 22.9 Å². The first-order chi connectivity index (χ1) is 9.39. The van der Waals surface area contributed by atoms with Gasteiger partial charge in [0.25, 0.3) is 0 Å². The highest BCUT2D eigenvalue weighted by Gasteiger charge is 2.22. The van der Waals surface area contributed by atoms with E-state index in [1.54, 1.807) is 20.8 Å². The zero-order valence-electron chi connectivity index (χ0n) is 11.5. The Morgan fingerprint density at radius 3 is 2.70 bits per heavy atom. The fourth-order valence-corrected chi connectivity index (χ4v) is 2.59. The lowest BCUT2D eigenvalue weighted by atomic mass is 10.2. The molecule has 0 aliphatic rings. The maximum Gasteiger partial charge on any atom is 0.408 e. The topological polar surface area (TPSA) is 68.3 Å². The molecule has 0 saturated heterocycles. The van der Waals surface area contributed by atoms with Crippen LogP contribution in [0.15, 0.2) is 24.3 Å². The smallest absolute Gasteiger partial charge is 0.408 e. The number of fused-ring (bicyclic) bond motifs is 1. The Balaban J connectivity index is 2.15. The Labute approximate surface area is 121 Å². The largest absolute Gasteiger partial charge is 0.444 e. The van der Waals surface area contributed by atoms with Gasteiger partial charge < -0.3 is 14.8 Å². The highest BCUT2D eigenvalue weighted by Crippen LogP contribution is 2.25. The molecule has 2 aromatic rings. The summed E-state index contributed by atoms with van der Waals surface area (Å²) in [5.41, 5.74) is 0.204. The molecule has 0 spiro atoms. The van der Waals surface area contributed by atoms with Gasteiger partial charge in [-0.25, -0.2) is 9.78 Å². The van der Waals surface area contributed by atoms with E-state index in [-0.39, 0.29) is 0 Å². The number of nitrogens with zero attached hydrogens (tertiary/aromatic N) is 1. The first-order valence-corrected chi connectivity index (χ1v) is 7.01. The number of ether oxygens (including phenoxy) is 1. The summed E-state index contributed by atoms with van der Waals surface area (Å²) < 4.78 is 6.11. The summed E-state index contributed by atoms with van der Waals surface area (Å²) in [6, 6.07) is 6.78. The lowest BCUT2D eigenvalue weighted by molar-refractivity contribution is -0.109. The van der Waals surface area contributed by atoms with E-state index in [0.717, 1.165) is 10.2 Å². The Morgan fingerprint density at radius 2 is 2.10 bits per heavy atom. The quantitative estimate of drug-likeness (QED) is 0.883. The molecule has 6 heteroatoms. The predicted molar refractivity (Wildman–Crippen MR) is 77.8 cm³/mol. The van der Waals surface area contributed by atoms with Crippen LogP contribution in [-0.2, 0) is 9.53 Å². The maximum absolute atomic E-state index is 11.7. The van der Waals surface area contributed by atoms with Crippen LogP contribution in [0.25, 0.3) is 10.2 Å². The van der Waals surface area contributed by atoms with Gasteiger partial charge in [0.05, 0.1) is 10.2 Å². The van der Waals surface area contributed by atoms with Crippen molar-refractivity contribution in [1.29, 1.82) is 0 Å². The minimum Gasteiger partial charge on any atom is -0.444 e. The van der Waals surface area contributed by atoms with E-state index in [0.29, 0.717) is 11.3 Å². The summed E-state index contributed by atoms with van der Waals surface area (Å²) in [5.74, 6) is 0. The fourth-order valence-electron chi connectivity index (χ4n) is 1.61. The summed E-state index contributed by atoms with van der Waals surface area (Å²) in [6.07, 6.45) is 0.0237. The number of aromatic nitrogens is 1. The summed E-state index contributed by atoms with van der Waals surface area (Å²) >= 11 is 1.38. The average Bonchev–Trinajstić information content (AvgIpc) is 2.77. The standard InChI is InChI=1S/C14H16N2O3S/c1-14(2,3)19-13(18)16-10(8-17)12-15-9-6-4-5-7-11(9)20-12/h4-8,10H,1-3H3,(H,16,18). The van der Waals surface area contributed by atoms with Gasteiger partial charge in [-0.15, -0.1) is 11.3 Å². The second-order valence-electron chi connectivity index (χ2n) is 5.28. The van der Waals surface area contributed by atoms with Crippen molar-refractivity contribution in [2.24, 2.45) is 0 Å². The van der Waals surface area contributed by atoms with Crippen LogP contribution in [0.4, 0.5) is 4.79 Å². The van der Waals surface area contributed by atoms with Crippen molar-refractivity contribution in [3.05, 3.63) is 29.3 Å². The van der Waals surface area contributed by atoms with E-state index >= 15 is 0 Å². The number of hydrogen-bond donors (Lipinski definition) is 1. The molecule has 1 N–H and O–H groups in total. The van der Waals surface area contributed by atoms with Gasteiger partial charge in [-0.1, -0.05) is 12.1 Å². The van der Waals surface area contributed by atoms with Gasteiger partial charge >= 0.3 is 6.09 Å². The molecule has 1 atom stereocenters. The van der Waals surface area contributed by atoms with Crippen LogP contribution in [0.1, 0.15) is 31.8 Å². The highest BCUT2D eigenvalue weighted by molar-refractivity contribution is 7.18. The van der Waals surface area contributed by atoms with Crippen molar-refractivity contribution in [3.8, 4) is 0 Å². The molecular weight excluding hydrogens is 276 g/mol. The molecule has 0 bridgehead atoms. The molecule has 20 heavy (non-hydrogen) atoms. The van der Waals surface area contributed by atoms with Crippen LogP contribution in [0.5, 0.6) is 0 Å². The van der Waals surface area contributed by atoms with E-state index in [2.05, 4.69) is 10.3 Å². The number of thiazole rings is 1. The number of para-hydroxylation sites is 1. The Hall–Kier alpha value is -1.95. The molecule has 106 valence electrons. The molecule has 1 unspecified atom stereocenters. The van der Waals surface area contributed by atoms with Crippen molar-refractivity contribution >= 4 is 33.9 Å². The molecule has 0 saturated carbocycles. The monoisotopic (exact) mass is 292 g/mol. The third-order valence-corrected chi connectivity index (χ3v) is 3.50. The van der Waals surface area contributed by atoms with Crippen molar-refractivity contribution in [2.75, 3.05) is 0 Å². The predicted octanol–water partition coefficient (Wildman–Crippen LogP) is 3.06. The number of aldehydes is 1. The average molecular weight is 292 g/mol. The molecule has 0 aliphatic carbocycles. The van der Waals surface area contributed by atoms with Gasteiger partial charge in [-0.2, -0.15) is 0 Å². The first-order valence-electron chi connectivity index (χ1n) is 6.19. The van der Waals surface area contributed by atoms with Crippen LogP contribution < -0.4 is 5.32 Å². The minimum atomic E-state index is -0.790. The van der Waals surface area contributed by atoms with Gasteiger partial charge in [-0.3, -0.25) is 0 Å². The molecular formula is C14H16N2O3S. The summed E-state index contributed by atoms with van der Waals surface area (Å²) in [7, 11) is 0. The molecule has 1 aromatic heterocycles. The molecule has 0 aliphatic heterocycles. The van der Waals surface area contributed by atoms with Crippen molar-refractivity contribution < 1.29 is 14.3 Å². The number of carbonyl (C=O) groups excluding carboxylic acids is 2. The molecule has 1 aromatic carbocycles. The van der Waals surface area contributed by atoms with Crippen LogP contribution >= 0.6 is 11.3 Å². The Morgan fingerprint density at radius 1 is 1.40 bits per heavy atom. The maximum atomic E-state index is 11.7. The number of carbonyl (C=O) groups is 2. The zero-order chi connectivity index (χ0) is 14.8. The van der Waals surface area contributed by atoms with Gasteiger partial charge in [0.2, 0.25) is 0 Å². The van der Waals surface area contributed by atoms with Gasteiger partial charge in [-0.05, 0) is 32.9 Å². The normalized spacial score (nSPS) is 12.9. The summed E-state index contributed by atoms with van der Waals surface area (Å²) in [6.45, 7) is 5.29. The molecule has 1 amide bonds. The van der Waals surface area contributed by atoms with Crippen LogP contribution in [0.2, 0.25) is 0 Å². The molecule has 5 nitrogen and oxygen atoms in total. The first kappa shape index (κ1) is 14.5. The lowest BCUT2D eigenvalue weighted by Crippen LogP contribution is -2.35. The number of rotatable bonds is 3. The van der Waals surface area contributed by atoms with E-state index < -0.39 is 17.7 Å². The molecule has 2 rings (SSSR count). The molecule has 1 heterocycles. The number of alkyl carbamates (subject to hydrolysis) is 1. The van der Waals surface area contributed by atoms with Crippen LogP contribution in [0.3, 0.4) is 0 Å². The van der Waals surface area contributed by atoms with Gasteiger partial charge in [0.15, 0.2) is 0 Å².